The van der Waals surface area contributed by atoms with Gasteiger partial charge in [-0.05, 0) is 24.6 Å². The molecule has 0 bridgehead atoms. The Hall–Kier alpha value is -1.26. The maximum Gasteiger partial charge on any atom is 0.161 e. The van der Waals surface area contributed by atoms with Crippen LogP contribution in [0.4, 0.5) is 0 Å². The molecule has 1 rings (SSSR count). The molecule has 0 saturated heterocycles. The molecule has 0 aliphatic rings. The molecular weight excluding hydrogens is 196 g/mol. The van der Waals surface area contributed by atoms with E-state index in [-0.39, 0.29) is 6.61 Å². The van der Waals surface area contributed by atoms with Gasteiger partial charge < -0.3 is 19.7 Å². The number of hydrogen-bond donors (Lipinski definition) is 2. The molecule has 0 fully saturated rings. The van der Waals surface area contributed by atoms with Crippen LogP contribution in [0.5, 0.6) is 11.5 Å². The van der Waals surface area contributed by atoms with Crippen LogP contribution >= 0.6 is 0 Å². The highest BCUT2D eigenvalue weighted by Gasteiger charge is 2.10. The molecule has 1 aromatic carbocycles. The minimum Gasteiger partial charge on any atom is -0.493 e. The second-order valence-electron chi connectivity index (χ2n) is 3.04. The second kappa shape index (κ2) is 5.58. The van der Waals surface area contributed by atoms with E-state index < -0.39 is 6.10 Å². The summed E-state index contributed by atoms with van der Waals surface area (Å²) in [4.78, 5) is 0. The third-order valence-electron chi connectivity index (χ3n) is 2.05. The largest absolute Gasteiger partial charge is 0.493 e. The van der Waals surface area contributed by atoms with Gasteiger partial charge in [-0.1, -0.05) is 6.07 Å². The standard InChI is InChI=1S/C11H16O4/c1-3-15-11-6-8(9(13)7-12)4-5-10(11)14-2/h4-6,9,12-13H,3,7H2,1-2H3. The topological polar surface area (TPSA) is 58.9 Å². The van der Waals surface area contributed by atoms with Crippen molar-refractivity contribution in [3.05, 3.63) is 23.8 Å². The lowest BCUT2D eigenvalue weighted by molar-refractivity contribution is 0.0953. The minimum absolute atomic E-state index is 0.308. The zero-order chi connectivity index (χ0) is 11.3. The maximum atomic E-state index is 9.44. The van der Waals surface area contributed by atoms with Crippen molar-refractivity contribution in [2.24, 2.45) is 0 Å². The van der Waals surface area contributed by atoms with E-state index in [2.05, 4.69) is 0 Å². The number of aliphatic hydroxyl groups is 2. The predicted octanol–water partition coefficient (Wildman–Crippen LogP) is 1.12. The van der Waals surface area contributed by atoms with Crippen molar-refractivity contribution in [2.75, 3.05) is 20.3 Å². The van der Waals surface area contributed by atoms with Crippen LogP contribution in [-0.2, 0) is 0 Å². The van der Waals surface area contributed by atoms with Gasteiger partial charge in [0.2, 0.25) is 0 Å². The van der Waals surface area contributed by atoms with Crippen LogP contribution in [0.25, 0.3) is 0 Å². The van der Waals surface area contributed by atoms with E-state index in [0.717, 1.165) is 0 Å². The number of ether oxygens (including phenoxy) is 2. The summed E-state index contributed by atoms with van der Waals surface area (Å²) in [6.07, 6.45) is -0.880. The van der Waals surface area contributed by atoms with Crippen LogP contribution in [0.3, 0.4) is 0 Å². The van der Waals surface area contributed by atoms with Crippen LogP contribution in [0.1, 0.15) is 18.6 Å². The van der Waals surface area contributed by atoms with Gasteiger partial charge >= 0.3 is 0 Å². The fraction of sp³-hybridized carbons (Fsp3) is 0.455. The summed E-state index contributed by atoms with van der Waals surface area (Å²) in [7, 11) is 1.56. The molecule has 0 saturated carbocycles. The van der Waals surface area contributed by atoms with E-state index in [1.165, 1.54) is 0 Å². The van der Waals surface area contributed by atoms with Gasteiger partial charge in [-0.2, -0.15) is 0 Å². The summed E-state index contributed by atoms with van der Waals surface area (Å²) in [5, 5.41) is 18.3. The van der Waals surface area contributed by atoms with Crippen molar-refractivity contribution < 1.29 is 19.7 Å². The zero-order valence-electron chi connectivity index (χ0n) is 8.93. The molecule has 0 spiro atoms. The minimum atomic E-state index is -0.880. The Morgan fingerprint density at radius 2 is 2.07 bits per heavy atom. The molecule has 0 aromatic heterocycles. The van der Waals surface area contributed by atoms with Crippen LogP contribution in [0.2, 0.25) is 0 Å². The molecule has 4 heteroatoms. The average molecular weight is 212 g/mol. The van der Waals surface area contributed by atoms with Crippen LogP contribution in [0.15, 0.2) is 18.2 Å². The van der Waals surface area contributed by atoms with E-state index in [0.29, 0.717) is 23.7 Å². The summed E-state index contributed by atoms with van der Waals surface area (Å²) in [5.74, 6) is 1.19. The van der Waals surface area contributed by atoms with E-state index >= 15 is 0 Å². The Morgan fingerprint density at radius 3 is 2.60 bits per heavy atom. The lowest BCUT2D eigenvalue weighted by Gasteiger charge is -2.13. The molecule has 4 nitrogen and oxygen atoms in total. The van der Waals surface area contributed by atoms with Crippen LogP contribution in [0, 0.1) is 0 Å². The van der Waals surface area contributed by atoms with Crippen molar-refractivity contribution in [1.29, 1.82) is 0 Å². The summed E-state index contributed by atoms with van der Waals surface area (Å²) >= 11 is 0. The van der Waals surface area contributed by atoms with Crippen molar-refractivity contribution in [3.8, 4) is 11.5 Å². The van der Waals surface area contributed by atoms with E-state index in [1.807, 2.05) is 6.92 Å². The third-order valence-corrected chi connectivity index (χ3v) is 2.05. The van der Waals surface area contributed by atoms with Gasteiger partial charge in [0.1, 0.15) is 6.10 Å². The van der Waals surface area contributed by atoms with Crippen molar-refractivity contribution in [1.82, 2.24) is 0 Å². The monoisotopic (exact) mass is 212 g/mol. The smallest absolute Gasteiger partial charge is 0.161 e. The maximum absolute atomic E-state index is 9.44. The molecule has 1 atom stereocenters. The highest BCUT2D eigenvalue weighted by atomic mass is 16.5. The normalized spacial score (nSPS) is 12.3. The molecule has 84 valence electrons. The van der Waals surface area contributed by atoms with Gasteiger partial charge in [-0.25, -0.2) is 0 Å². The first-order chi connectivity index (χ1) is 7.22. The van der Waals surface area contributed by atoms with Crippen molar-refractivity contribution >= 4 is 0 Å². The lowest BCUT2D eigenvalue weighted by atomic mass is 10.1. The number of aliphatic hydroxyl groups excluding tert-OH is 2. The Bertz CT molecular complexity index is 311. The van der Waals surface area contributed by atoms with Gasteiger partial charge in [0.15, 0.2) is 11.5 Å². The molecule has 2 N–H and O–H groups in total. The lowest BCUT2D eigenvalue weighted by Crippen LogP contribution is -2.03. The Labute approximate surface area is 89.1 Å². The Balaban J connectivity index is 2.98. The van der Waals surface area contributed by atoms with Crippen molar-refractivity contribution in [2.45, 2.75) is 13.0 Å². The summed E-state index contributed by atoms with van der Waals surface area (Å²) in [6.45, 7) is 2.08. The molecule has 0 radical (unpaired) electrons. The second-order valence-corrected chi connectivity index (χ2v) is 3.04. The molecule has 0 aliphatic carbocycles. The van der Waals surface area contributed by atoms with E-state index in [1.54, 1.807) is 25.3 Å². The van der Waals surface area contributed by atoms with E-state index in [4.69, 9.17) is 14.6 Å². The number of methoxy groups -OCH3 is 1. The van der Waals surface area contributed by atoms with Gasteiger partial charge in [-0.3, -0.25) is 0 Å². The predicted molar refractivity (Wildman–Crippen MR) is 56.2 cm³/mol. The molecule has 0 aliphatic heterocycles. The Kier molecular flexibility index (Phi) is 4.39. The van der Waals surface area contributed by atoms with Crippen LogP contribution < -0.4 is 9.47 Å². The third kappa shape index (κ3) is 2.84. The number of rotatable bonds is 5. The molecule has 0 amide bonds. The van der Waals surface area contributed by atoms with E-state index in [9.17, 15) is 5.11 Å². The summed E-state index contributed by atoms with van der Waals surface area (Å²) in [5.41, 5.74) is 0.613. The quantitative estimate of drug-likeness (QED) is 0.768. The SMILES string of the molecule is CCOc1cc(C(O)CO)ccc1OC. The summed E-state index contributed by atoms with van der Waals surface area (Å²) in [6, 6.07) is 5.07. The van der Waals surface area contributed by atoms with Crippen molar-refractivity contribution in [3.63, 3.8) is 0 Å². The zero-order valence-corrected chi connectivity index (χ0v) is 8.93. The molecule has 15 heavy (non-hydrogen) atoms. The summed E-state index contributed by atoms with van der Waals surface area (Å²) < 4.78 is 10.4. The van der Waals surface area contributed by atoms with Gasteiger partial charge in [-0.15, -0.1) is 0 Å². The molecular formula is C11H16O4. The fourth-order valence-corrected chi connectivity index (χ4v) is 1.27. The van der Waals surface area contributed by atoms with Crippen LogP contribution in [-0.4, -0.2) is 30.5 Å². The average Bonchev–Trinajstić information content (AvgIpc) is 2.28. The van der Waals surface area contributed by atoms with Gasteiger partial charge in [0, 0.05) is 0 Å². The Morgan fingerprint density at radius 1 is 1.33 bits per heavy atom. The first-order valence-electron chi connectivity index (χ1n) is 4.82. The molecule has 1 unspecified atom stereocenters. The number of benzene rings is 1. The van der Waals surface area contributed by atoms with Gasteiger partial charge in [0.05, 0.1) is 20.3 Å². The fourth-order valence-electron chi connectivity index (χ4n) is 1.27. The first kappa shape index (κ1) is 11.8. The number of hydrogen-bond acceptors (Lipinski definition) is 4. The highest BCUT2D eigenvalue weighted by Crippen LogP contribution is 2.30. The first-order valence-corrected chi connectivity index (χ1v) is 4.82. The highest BCUT2D eigenvalue weighted by molar-refractivity contribution is 5.43. The molecule has 0 heterocycles. The van der Waals surface area contributed by atoms with Gasteiger partial charge in [0.25, 0.3) is 0 Å². The molecule has 1 aromatic rings.